The van der Waals surface area contributed by atoms with Crippen LogP contribution in [0.4, 0.5) is 0 Å². The molecule has 0 aliphatic carbocycles. The first-order valence-electron chi connectivity index (χ1n) is 6.41. The van der Waals surface area contributed by atoms with E-state index < -0.39 is 0 Å². The van der Waals surface area contributed by atoms with Gasteiger partial charge in [0.05, 0.1) is 12.8 Å². The van der Waals surface area contributed by atoms with Crippen molar-refractivity contribution in [2.75, 3.05) is 7.11 Å². The van der Waals surface area contributed by atoms with Gasteiger partial charge in [0.2, 0.25) is 0 Å². The summed E-state index contributed by atoms with van der Waals surface area (Å²) in [5, 5.41) is 0.990. The average Bonchev–Trinajstić information content (AvgIpc) is 2.47. The molecule has 2 aromatic heterocycles. The lowest BCUT2D eigenvalue weighted by Gasteiger charge is -2.09. The number of methoxy groups -OCH3 is 1. The van der Waals surface area contributed by atoms with Crippen LogP contribution in [0.1, 0.15) is 11.3 Å². The van der Waals surface area contributed by atoms with E-state index in [1.54, 1.807) is 13.4 Å². The second-order valence-electron chi connectivity index (χ2n) is 4.75. The molecule has 2 heterocycles. The largest absolute Gasteiger partial charge is 0.494 e. The second kappa shape index (κ2) is 4.89. The van der Waals surface area contributed by atoms with E-state index in [9.17, 15) is 0 Å². The highest BCUT2D eigenvalue weighted by atomic mass is 16.5. The normalized spacial score (nSPS) is 10.8. The van der Waals surface area contributed by atoms with E-state index in [0.717, 1.165) is 39.2 Å². The number of aryl methyl sites for hydroxylation is 2. The number of nitrogens with zero attached hydrogens (tertiary/aromatic N) is 3. The van der Waals surface area contributed by atoms with Gasteiger partial charge in [-0.1, -0.05) is 6.07 Å². The summed E-state index contributed by atoms with van der Waals surface area (Å²) in [5.41, 5.74) is 4.82. The number of fused-ring (bicyclic) bond motifs is 1. The first-order chi connectivity index (χ1) is 9.69. The van der Waals surface area contributed by atoms with Gasteiger partial charge in [-0.2, -0.15) is 0 Å². The first-order valence-corrected chi connectivity index (χ1v) is 6.41. The highest BCUT2D eigenvalue weighted by molar-refractivity contribution is 5.90. The molecule has 0 radical (unpaired) electrons. The third-order valence-electron chi connectivity index (χ3n) is 3.33. The first kappa shape index (κ1) is 12.5. The van der Waals surface area contributed by atoms with Crippen molar-refractivity contribution in [1.29, 1.82) is 0 Å². The Hall–Kier alpha value is -2.49. The van der Waals surface area contributed by atoms with E-state index in [4.69, 9.17) is 4.74 Å². The predicted octanol–water partition coefficient (Wildman–Crippen LogP) is 3.32. The van der Waals surface area contributed by atoms with Crippen molar-refractivity contribution in [3.8, 4) is 17.0 Å². The van der Waals surface area contributed by atoms with Crippen LogP contribution in [0.25, 0.3) is 22.2 Å². The molecule has 100 valence electrons. The molecule has 0 saturated heterocycles. The zero-order valence-corrected chi connectivity index (χ0v) is 11.7. The molecule has 0 fully saturated rings. The maximum absolute atomic E-state index is 5.45. The van der Waals surface area contributed by atoms with E-state index in [-0.39, 0.29) is 0 Å². The number of hydrogen-bond acceptors (Lipinski definition) is 4. The molecule has 20 heavy (non-hydrogen) atoms. The molecular formula is C16H15N3O. The molecule has 0 amide bonds. The van der Waals surface area contributed by atoms with E-state index in [1.165, 1.54) is 0 Å². The molecule has 3 rings (SSSR count). The minimum Gasteiger partial charge on any atom is -0.494 e. The van der Waals surface area contributed by atoms with Crippen LogP contribution >= 0.6 is 0 Å². The maximum Gasteiger partial charge on any atom is 0.145 e. The molecular weight excluding hydrogens is 250 g/mol. The Kier molecular flexibility index (Phi) is 3.06. The van der Waals surface area contributed by atoms with Crippen LogP contribution in [0, 0.1) is 13.8 Å². The van der Waals surface area contributed by atoms with Crippen LogP contribution < -0.4 is 4.74 Å². The number of hydrogen-bond donors (Lipinski definition) is 0. The summed E-state index contributed by atoms with van der Waals surface area (Å²) in [5.74, 6) is 0.741. The van der Waals surface area contributed by atoms with Gasteiger partial charge >= 0.3 is 0 Å². The molecule has 0 aliphatic rings. The molecule has 4 heteroatoms. The van der Waals surface area contributed by atoms with Gasteiger partial charge < -0.3 is 4.74 Å². The van der Waals surface area contributed by atoms with Gasteiger partial charge in [0, 0.05) is 22.8 Å². The van der Waals surface area contributed by atoms with Crippen molar-refractivity contribution in [1.82, 2.24) is 15.0 Å². The van der Waals surface area contributed by atoms with Gasteiger partial charge in [0.25, 0.3) is 0 Å². The zero-order chi connectivity index (χ0) is 14.1. The van der Waals surface area contributed by atoms with Crippen LogP contribution in [-0.4, -0.2) is 22.1 Å². The number of ether oxygens (including phenoxy) is 1. The molecule has 4 nitrogen and oxygen atoms in total. The fourth-order valence-corrected chi connectivity index (χ4v) is 2.20. The predicted molar refractivity (Wildman–Crippen MR) is 78.8 cm³/mol. The van der Waals surface area contributed by atoms with E-state index in [2.05, 4.69) is 21.0 Å². The fourth-order valence-electron chi connectivity index (χ4n) is 2.20. The Balaban J connectivity index is 2.27. The van der Waals surface area contributed by atoms with Crippen molar-refractivity contribution in [2.45, 2.75) is 13.8 Å². The number of pyridine rings is 1. The second-order valence-corrected chi connectivity index (χ2v) is 4.75. The molecule has 0 atom stereocenters. The monoisotopic (exact) mass is 265 g/mol. The Morgan fingerprint density at radius 3 is 2.55 bits per heavy atom. The summed E-state index contributed by atoms with van der Waals surface area (Å²) in [6.45, 7) is 3.99. The molecule has 0 N–H and O–H groups in total. The minimum atomic E-state index is 0.741. The van der Waals surface area contributed by atoms with E-state index in [1.807, 2.05) is 38.2 Å². The lowest BCUT2D eigenvalue weighted by Crippen LogP contribution is -1.94. The Bertz CT molecular complexity index is 767. The van der Waals surface area contributed by atoms with Crippen LogP contribution in [0.3, 0.4) is 0 Å². The van der Waals surface area contributed by atoms with Crippen molar-refractivity contribution in [2.24, 2.45) is 0 Å². The quantitative estimate of drug-likeness (QED) is 0.713. The van der Waals surface area contributed by atoms with Crippen molar-refractivity contribution < 1.29 is 4.74 Å². The van der Waals surface area contributed by atoms with Crippen molar-refractivity contribution in [3.05, 3.63) is 48.0 Å². The minimum absolute atomic E-state index is 0.741. The van der Waals surface area contributed by atoms with Gasteiger partial charge in [0.1, 0.15) is 17.6 Å². The average molecular weight is 265 g/mol. The third kappa shape index (κ3) is 2.09. The molecule has 0 spiro atoms. The highest BCUT2D eigenvalue weighted by Gasteiger charge is 2.10. The van der Waals surface area contributed by atoms with E-state index in [0.29, 0.717) is 0 Å². The van der Waals surface area contributed by atoms with Crippen molar-refractivity contribution in [3.63, 3.8) is 0 Å². The summed E-state index contributed by atoms with van der Waals surface area (Å²) >= 11 is 0. The van der Waals surface area contributed by atoms with Gasteiger partial charge in [-0.15, -0.1) is 0 Å². The third-order valence-corrected chi connectivity index (χ3v) is 3.33. The summed E-state index contributed by atoms with van der Waals surface area (Å²) in [7, 11) is 1.65. The Morgan fingerprint density at radius 2 is 1.85 bits per heavy atom. The van der Waals surface area contributed by atoms with Gasteiger partial charge in [-0.05, 0) is 37.6 Å². The van der Waals surface area contributed by atoms with E-state index >= 15 is 0 Å². The summed E-state index contributed by atoms with van der Waals surface area (Å²) in [6, 6.07) is 8.08. The van der Waals surface area contributed by atoms with Gasteiger partial charge in [-0.3, -0.25) is 4.98 Å². The van der Waals surface area contributed by atoms with Gasteiger partial charge in [0.15, 0.2) is 0 Å². The zero-order valence-electron chi connectivity index (χ0n) is 11.7. The maximum atomic E-state index is 5.45. The number of rotatable bonds is 2. The van der Waals surface area contributed by atoms with Crippen LogP contribution in [0.2, 0.25) is 0 Å². The van der Waals surface area contributed by atoms with Crippen molar-refractivity contribution >= 4 is 10.9 Å². The molecule has 1 aromatic carbocycles. The SMILES string of the molecule is COc1cc(-c2ccc(C)cn2)cc2c(C)ncnc12. The molecule has 0 unspecified atom stereocenters. The highest BCUT2D eigenvalue weighted by Crippen LogP contribution is 2.31. The summed E-state index contributed by atoms with van der Waals surface area (Å²) in [6.07, 6.45) is 3.42. The lowest BCUT2D eigenvalue weighted by molar-refractivity contribution is 0.419. The molecule has 0 saturated carbocycles. The van der Waals surface area contributed by atoms with Crippen LogP contribution in [0.15, 0.2) is 36.8 Å². The standard InChI is InChI=1S/C16H15N3O/c1-10-4-5-14(17-8-10)12-6-13-11(2)18-9-19-16(13)15(7-12)20-3/h4-9H,1-3H3. The smallest absolute Gasteiger partial charge is 0.145 e. The Morgan fingerprint density at radius 1 is 1.00 bits per heavy atom. The Labute approximate surface area is 117 Å². The summed E-state index contributed by atoms with van der Waals surface area (Å²) < 4.78 is 5.45. The van der Waals surface area contributed by atoms with Crippen LogP contribution in [0.5, 0.6) is 5.75 Å². The number of benzene rings is 1. The topological polar surface area (TPSA) is 47.9 Å². The van der Waals surface area contributed by atoms with Crippen LogP contribution in [-0.2, 0) is 0 Å². The fraction of sp³-hybridized carbons (Fsp3) is 0.188. The summed E-state index contributed by atoms with van der Waals surface area (Å²) in [4.78, 5) is 13.0. The molecule has 3 aromatic rings. The lowest BCUT2D eigenvalue weighted by atomic mass is 10.1. The van der Waals surface area contributed by atoms with Gasteiger partial charge in [-0.25, -0.2) is 9.97 Å². The number of aromatic nitrogens is 3. The molecule has 0 bridgehead atoms. The molecule has 0 aliphatic heterocycles.